The summed E-state index contributed by atoms with van der Waals surface area (Å²) in [5, 5.41) is 0. The van der Waals surface area contributed by atoms with Gasteiger partial charge in [0.15, 0.2) is 0 Å². The molecule has 2 aromatic rings. The summed E-state index contributed by atoms with van der Waals surface area (Å²) in [6.07, 6.45) is 4.26. The van der Waals surface area contributed by atoms with Crippen molar-refractivity contribution in [2.75, 3.05) is 17.7 Å². The highest BCUT2D eigenvalue weighted by Crippen LogP contribution is 2.34. The van der Waals surface area contributed by atoms with Crippen LogP contribution in [-0.2, 0) is 6.54 Å². The van der Waals surface area contributed by atoms with Gasteiger partial charge >= 0.3 is 0 Å². The van der Waals surface area contributed by atoms with Crippen LogP contribution in [0.2, 0.25) is 0 Å². The number of nitrogen functional groups attached to an aromatic ring is 1. The average molecular weight is 269 g/mol. The Morgan fingerprint density at radius 1 is 1.30 bits per heavy atom. The summed E-state index contributed by atoms with van der Waals surface area (Å²) in [5.74, 6) is 0.647. The van der Waals surface area contributed by atoms with E-state index in [2.05, 4.69) is 16.0 Å². The lowest BCUT2D eigenvalue weighted by Gasteiger charge is -2.25. The van der Waals surface area contributed by atoms with Crippen LogP contribution in [0.1, 0.15) is 18.4 Å². The first-order valence-corrected chi connectivity index (χ1v) is 6.88. The fraction of sp³-hybridized carbons (Fsp3) is 0.312. The van der Waals surface area contributed by atoms with E-state index >= 15 is 0 Å². The molecule has 0 radical (unpaired) electrons. The van der Waals surface area contributed by atoms with Crippen molar-refractivity contribution in [1.29, 1.82) is 0 Å². The monoisotopic (exact) mass is 269 g/mol. The van der Waals surface area contributed by atoms with Crippen molar-refractivity contribution in [3.63, 3.8) is 0 Å². The van der Waals surface area contributed by atoms with Gasteiger partial charge in [-0.15, -0.1) is 0 Å². The van der Waals surface area contributed by atoms with E-state index in [-0.39, 0.29) is 0 Å². The molecular weight excluding hydrogens is 250 g/mol. The summed E-state index contributed by atoms with van der Waals surface area (Å²) in [5.41, 5.74) is 9.21. The Kier molecular flexibility index (Phi) is 3.46. The quantitative estimate of drug-likeness (QED) is 0.848. The Morgan fingerprint density at radius 2 is 2.10 bits per heavy atom. The topological polar surface area (TPSA) is 51.4 Å². The fourth-order valence-electron chi connectivity index (χ4n) is 2.37. The normalized spacial score (nSPS) is 14.1. The highest BCUT2D eigenvalue weighted by molar-refractivity contribution is 5.54. The molecule has 1 aliphatic carbocycles. The largest absolute Gasteiger partial charge is 0.481 e. The molecule has 20 heavy (non-hydrogen) atoms. The van der Waals surface area contributed by atoms with E-state index in [4.69, 9.17) is 10.5 Å². The number of nitrogens with two attached hydrogens (primary N) is 1. The van der Waals surface area contributed by atoms with E-state index in [0.29, 0.717) is 11.9 Å². The molecule has 0 aliphatic heterocycles. The molecule has 4 nitrogen and oxygen atoms in total. The third kappa shape index (κ3) is 2.69. The molecule has 0 spiro atoms. The highest BCUT2D eigenvalue weighted by Gasteiger charge is 2.29. The zero-order valence-electron chi connectivity index (χ0n) is 11.6. The van der Waals surface area contributed by atoms with Gasteiger partial charge in [-0.2, -0.15) is 0 Å². The SMILES string of the molecule is COc1cc(N(Cc2ccccc2N)C2CC2)ccn1. The molecule has 3 rings (SSSR count). The van der Waals surface area contributed by atoms with Crippen LogP contribution in [0.5, 0.6) is 5.88 Å². The molecule has 4 heteroatoms. The molecule has 1 heterocycles. The molecule has 1 aliphatic rings. The van der Waals surface area contributed by atoms with Crippen LogP contribution in [0, 0.1) is 0 Å². The lowest BCUT2D eigenvalue weighted by atomic mass is 10.1. The Labute approximate surface area is 119 Å². The minimum atomic E-state index is 0.599. The summed E-state index contributed by atoms with van der Waals surface area (Å²) in [6, 6.07) is 12.6. The van der Waals surface area contributed by atoms with Crippen molar-refractivity contribution >= 4 is 11.4 Å². The van der Waals surface area contributed by atoms with E-state index in [1.54, 1.807) is 13.3 Å². The van der Waals surface area contributed by atoms with Crippen molar-refractivity contribution in [2.45, 2.75) is 25.4 Å². The second-order valence-electron chi connectivity index (χ2n) is 5.11. The maximum absolute atomic E-state index is 6.06. The van der Waals surface area contributed by atoms with Gasteiger partial charge in [-0.25, -0.2) is 4.98 Å². The maximum atomic E-state index is 6.06. The van der Waals surface area contributed by atoms with Crippen LogP contribution in [0.4, 0.5) is 11.4 Å². The molecule has 1 saturated carbocycles. The van der Waals surface area contributed by atoms with Crippen molar-refractivity contribution < 1.29 is 4.74 Å². The molecule has 0 bridgehead atoms. The summed E-state index contributed by atoms with van der Waals surface area (Å²) in [7, 11) is 1.64. The smallest absolute Gasteiger partial charge is 0.214 e. The number of hydrogen-bond donors (Lipinski definition) is 1. The van der Waals surface area contributed by atoms with Crippen LogP contribution >= 0.6 is 0 Å². The molecular formula is C16H19N3O. The van der Waals surface area contributed by atoms with E-state index in [9.17, 15) is 0 Å². The first-order chi connectivity index (χ1) is 9.78. The second kappa shape index (κ2) is 5.41. The summed E-state index contributed by atoms with van der Waals surface area (Å²) < 4.78 is 5.22. The summed E-state index contributed by atoms with van der Waals surface area (Å²) in [4.78, 5) is 6.56. The van der Waals surface area contributed by atoms with Crippen molar-refractivity contribution in [3.05, 3.63) is 48.2 Å². The minimum absolute atomic E-state index is 0.599. The molecule has 1 aromatic carbocycles. The molecule has 1 aromatic heterocycles. The van der Waals surface area contributed by atoms with Crippen molar-refractivity contribution in [1.82, 2.24) is 4.98 Å². The van der Waals surface area contributed by atoms with Gasteiger partial charge in [-0.05, 0) is 30.5 Å². The van der Waals surface area contributed by atoms with E-state index in [0.717, 1.165) is 23.5 Å². The van der Waals surface area contributed by atoms with Crippen molar-refractivity contribution in [2.24, 2.45) is 0 Å². The van der Waals surface area contributed by atoms with Crippen molar-refractivity contribution in [3.8, 4) is 5.88 Å². The first-order valence-electron chi connectivity index (χ1n) is 6.88. The molecule has 2 N–H and O–H groups in total. The highest BCUT2D eigenvalue weighted by atomic mass is 16.5. The third-order valence-electron chi connectivity index (χ3n) is 3.64. The predicted molar refractivity (Wildman–Crippen MR) is 80.8 cm³/mol. The van der Waals surface area contributed by atoms with Gasteiger partial charge < -0.3 is 15.4 Å². The first kappa shape index (κ1) is 12.8. The second-order valence-corrected chi connectivity index (χ2v) is 5.11. The van der Waals surface area contributed by atoms with E-state index < -0.39 is 0 Å². The summed E-state index contributed by atoms with van der Waals surface area (Å²) in [6.45, 7) is 0.824. The molecule has 0 unspecified atom stereocenters. The zero-order valence-corrected chi connectivity index (χ0v) is 11.6. The van der Waals surface area contributed by atoms with Gasteiger partial charge in [0.1, 0.15) is 0 Å². The molecule has 1 fully saturated rings. The Bertz CT molecular complexity index is 596. The zero-order chi connectivity index (χ0) is 13.9. The average Bonchev–Trinajstić information content (AvgIpc) is 3.31. The number of aromatic nitrogens is 1. The van der Waals surface area contributed by atoms with Crippen LogP contribution in [0.15, 0.2) is 42.6 Å². The molecule has 0 atom stereocenters. The predicted octanol–water partition coefficient (Wildman–Crippen LogP) is 2.84. The Balaban J connectivity index is 1.87. The number of ether oxygens (including phenoxy) is 1. The number of nitrogens with zero attached hydrogens (tertiary/aromatic N) is 2. The Morgan fingerprint density at radius 3 is 2.80 bits per heavy atom. The van der Waals surface area contributed by atoms with Gasteiger partial charge in [0.2, 0.25) is 5.88 Å². The van der Waals surface area contributed by atoms with Gasteiger partial charge in [-0.3, -0.25) is 0 Å². The Hall–Kier alpha value is -2.23. The minimum Gasteiger partial charge on any atom is -0.481 e. The number of benzene rings is 1. The van der Waals surface area contributed by atoms with E-state index in [1.165, 1.54) is 12.8 Å². The number of para-hydroxylation sites is 1. The summed E-state index contributed by atoms with van der Waals surface area (Å²) >= 11 is 0. The van der Waals surface area contributed by atoms with Crippen LogP contribution in [-0.4, -0.2) is 18.1 Å². The molecule has 0 saturated heterocycles. The number of pyridine rings is 1. The number of hydrogen-bond acceptors (Lipinski definition) is 4. The molecule has 104 valence electrons. The standard InChI is InChI=1S/C16H19N3O/c1-20-16-10-14(8-9-18-16)19(13-6-7-13)11-12-4-2-3-5-15(12)17/h2-5,8-10,13H,6-7,11,17H2,1H3. The van der Waals surface area contributed by atoms with Gasteiger partial charge in [0.25, 0.3) is 0 Å². The van der Waals surface area contributed by atoms with E-state index in [1.807, 2.05) is 30.3 Å². The van der Waals surface area contributed by atoms with Crippen LogP contribution in [0.25, 0.3) is 0 Å². The number of anilines is 2. The van der Waals surface area contributed by atoms with Crippen LogP contribution < -0.4 is 15.4 Å². The van der Waals surface area contributed by atoms with Crippen LogP contribution in [0.3, 0.4) is 0 Å². The fourth-order valence-corrected chi connectivity index (χ4v) is 2.37. The maximum Gasteiger partial charge on any atom is 0.214 e. The van der Waals surface area contributed by atoms with Gasteiger partial charge in [-0.1, -0.05) is 18.2 Å². The lowest BCUT2D eigenvalue weighted by Crippen LogP contribution is -2.25. The third-order valence-corrected chi connectivity index (χ3v) is 3.64. The molecule has 0 amide bonds. The van der Waals surface area contributed by atoms with Gasteiger partial charge in [0, 0.05) is 36.2 Å². The van der Waals surface area contributed by atoms with Gasteiger partial charge in [0.05, 0.1) is 7.11 Å². The number of rotatable bonds is 5. The number of methoxy groups -OCH3 is 1. The lowest BCUT2D eigenvalue weighted by molar-refractivity contribution is 0.398.